The summed E-state index contributed by atoms with van der Waals surface area (Å²) in [4.78, 5) is 49.6. The number of Topliss-reactive ketones (excluding diaryl/α,β-unsaturated/α-hetero) is 1. The molecule has 0 spiro atoms. The average Bonchev–Trinajstić information content (AvgIpc) is 2.65. The standard InChI is InChI=1S/C10H19N.C5H8O.C4H6O4.C2H3BO2.Na/c1-9-7-10(8-9)11-5-3-2-4-6-11;1-4-2-5(6)3-4;1-3(5)7-8-4(2)6;1-2(4)5-3;/h9-10H,2-8H2,1H3;4H,2-3H2,1H3;1-2H3;1H3;/q;;;-1;+1. The molecule has 1 aliphatic heterocycles. The third-order valence-electron chi connectivity index (χ3n) is 4.85. The summed E-state index contributed by atoms with van der Waals surface area (Å²) in [5, 5.41) is 0. The molecule has 10 heteroatoms. The molecule has 8 nitrogen and oxygen atoms in total. The Hall–Kier alpha value is -0.895. The fourth-order valence-corrected chi connectivity index (χ4v) is 3.28. The Morgan fingerprint density at radius 1 is 0.839 bits per heavy atom. The quantitative estimate of drug-likeness (QED) is 0.312. The van der Waals surface area contributed by atoms with Crippen molar-refractivity contribution < 1.29 is 63.2 Å². The largest absolute Gasteiger partial charge is 1.00 e. The number of piperidine rings is 1. The molecule has 0 aromatic rings. The van der Waals surface area contributed by atoms with Crippen LogP contribution in [0.3, 0.4) is 0 Å². The van der Waals surface area contributed by atoms with Gasteiger partial charge in [0, 0.05) is 39.7 Å². The van der Waals surface area contributed by atoms with Crippen LogP contribution >= 0.6 is 0 Å². The molecular formula is C21H36BNNaO7. The molecule has 3 aliphatic rings. The molecule has 0 aromatic heterocycles. The van der Waals surface area contributed by atoms with Crippen LogP contribution in [0.1, 0.15) is 79.6 Å². The predicted octanol–water partition coefficient (Wildman–Crippen LogP) is -0.0792. The Bertz CT molecular complexity index is 528. The Labute approximate surface area is 209 Å². The van der Waals surface area contributed by atoms with Crippen LogP contribution in [0.15, 0.2) is 0 Å². The van der Waals surface area contributed by atoms with E-state index in [0.29, 0.717) is 11.7 Å². The first kappa shape index (κ1) is 32.3. The maximum Gasteiger partial charge on any atom is 1.00 e. The minimum Gasteiger partial charge on any atom is -0.793 e. The molecule has 2 saturated carbocycles. The zero-order valence-corrected chi connectivity index (χ0v) is 22.0. The second-order valence-electron chi connectivity index (χ2n) is 8.14. The van der Waals surface area contributed by atoms with E-state index in [1.165, 1.54) is 52.1 Å². The van der Waals surface area contributed by atoms with Gasteiger partial charge in [0.15, 0.2) is 0 Å². The summed E-state index contributed by atoms with van der Waals surface area (Å²) >= 11 is 0. The molecule has 1 saturated heterocycles. The first-order chi connectivity index (χ1) is 14.0. The minimum atomic E-state index is -0.639. The molecule has 171 valence electrons. The van der Waals surface area contributed by atoms with Gasteiger partial charge in [-0.2, -0.15) is 0 Å². The summed E-state index contributed by atoms with van der Waals surface area (Å²) in [6.07, 6.45) is 8.98. The van der Waals surface area contributed by atoms with Crippen LogP contribution in [0.2, 0.25) is 0 Å². The first-order valence-electron chi connectivity index (χ1n) is 10.5. The van der Waals surface area contributed by atoms with Crippen molar-refractivity contribution in [2.75, 3.05) is 13.1 Å². The van der Waals surface area contributed by atoms with E-state index in [1.54, 1.807) is 0 Å². The van der Waals surface area contributed by atoms with Crippen LogP contribution in [0.25, 0.3) is 0 Å². The molecule has 3 fully saturated rings. The van der Waals surface area contributed by atoms with E-state index in [0.717, 1.165) is 38.6 Å². The van der Waals surface area contributed by atoms with Gasteiger partial charge < -0.3 is 17.6 Å². The Morgan fingerprint density at radius 3 is 1.48 bits per heavy atom. The van der Waals surface area contributed by atoms with E-state index in [4.69, 9.17) is 0 Å². The molecule has 3 radical (unpaired) electrons. The van der Waals surface area contributed by atoms with Crippen molar-refractivity contribution in [2.45, 2.75) is 85.6 Å². The van der Waals surface area contributed by atoms with E-state index >= 15 is 0 Å². The summed E-state index contributed by atoms with van der Waals surface area (Å²) in [6, 6.07) is 0.977. The number of hydrogen-bond donors (Lipinski definition) is 0. The van der Waals surface area contributed by atoms with Crippen molar-refractivity contribution in [1.29, 1.82) is 0 Å². The number of nitrogens with zero attached hydrogens (tertiary/aromatic N) is 1. The summed E-state index contributed by atoms with van der Waals surface area (Å²) in [7, 11) is 4.32. The molecule has 0 N–H and O–H groups in total. The van der Waals surface area contributed by atoms with Gasteiger partial charge in [-0.05, 0) is 50.6 Å². The smallest absolute Gasteiger partial charge is 0.793 e. The second-order valence-corrected chi connectivity index (χ2v) is 8.14. The van der Waals surface area contributed by atoms with Crippen LogP contribution < -0.4 is 29.6 Å². The zero-order valence-electron chi connectivity index (χ0n) is 20.0. The van der Waals surface area contributed by atoms with Crippen molar-refractivity contribution >= 4 is 31.7 Å². The summed E-state index contributed by atoms with van der Waals surface area (Å²) in [6.45, 7) is 10.8. The molecule has 0 atom stereocenters. The second kappa shape index (κ2) is 18.7. The summed E-state index contributed by atoms with van der Waals surface area (Å²) in [5.74, 6) is 0.396. The summed E-state index contributed by atoms with van der Waals surface area (Å²) in [5.41, 5.74) is 0. The van der Waals surface area contributed by atoms with Gasteiger partial charge in [-0.1, -0.05) is 20.3 Å². The molecule has 0 bridgehead atoms. The maximum absolute atomic E-state index is 10.1. The minimum absolute atomic E-state index is 0. The van der Waals surface area contributed by atoms with Crippen LogP contribution in [0.4, 0.5) is 0 Å². The summed E-state index contributed by atoms with van der Waals surface area (Å²) < 4.78 is 3.61. The maximum atomic E-state index is 10.1. The SMILES string of the molecule is CC(=O)OOC(C)=O.CC1CC(=O)C1.CC1CC(N2CCCCC2)C1.[B-]OC(C)=O.[Na+]. The molecule has 0 aromatic carbocycles. The van der Waals surface area contributed by atoms with Crippen molar-refractivity contribution in [2.24, 2.45) is 11.8 Å². The van der Waals surface area contributed by atoms with Gasteiger partial charge in [0.2, 0.25) is 5.97 Å². The molecule has 1 heterocycles. The third kappa shape index (κ3) is 18.4. The van der Waals surface area contributed by atoms with E-state index in [2.05, 4.69) is 41.2 Å². The molecule has 3 rings (SSSR count). The predicted molar refractivity (Wildman–Crippen MR) is 112 cm³/mol. The fourth-order valence-electron chi connectivity index (χ4n) is 3.28. The van der Waals surface area contributed by atoms with Gasteiger partial charge in [0.1, 0.15) is 5.78 Å². The average molecular weight is 448 g/mol. The van der Waals surface area contributed by atoms with E-state index in [1.807, 2.05) is 0 Å². The number of carbonyl (C=O) groups excluding carboxylic acids is 4. The number of hydrogen-bond acceptors (Lipinski definition) is 8. The molecule has 0 unspecified atom stereocenters. The van der Waals surface area contributed by atoms with E-state index in [-0.39, 0.29) is 29.6 Å². The van der Waals surface area contributed by atoms with Crippen LogP contribution in [0.5, 0.6) is 0 Å². The van der Waals surface area contributed by atoms with Gasteiger partial charge >= 0.3 is 41.5 Å². The topological polar surface area (TPSA) is 99.2 Å². The van der Waals surface area contributed by atoms with Crippen LogP contribution in [-0.4, -0.2) is 55.8 Å². The van der Waals surface area contributed by atoms with Crippen molar-refractivity contribution in [3.63, 3.8) is 0 Å². The Kier molecular flexibility index (Phi) is 19.4. The van der Waals surface area contributed by atoms with Gasteiger partial charge in [0.25, 0.3) is 0 Å². The molecule has 0 amide bonds. The number of ketones is 1. The number of carbonyl (C=O) groups is 4. The van der Waals surface area contributed by atoms with Gasteiger partial charge in [-0.3, -0.25) is 9.59 Å². The van der Waals surface area contributed by atoms with E-state index < -0.39 is 17.9 Å². The van der Waals surface area contributed by atoms with Gasteiger partial charge in [-0.25, -0.2) is 19.4 Å². The monoisotopic (exact) mass is 448 g/mol. The molecule has 31 heavy (non-hydrogen) atoms. The normalized spacial score (nSPS) is 21.9. The van der Waals surface area contributed by atoms with Crippen LogP contribution in [0, 0.1) is 11.8 Å². The fraction of sp³-hybridized carbons (Fsp3) is 0.810. The Balaban J connectivity index is 0. The third-order valence-corrected chi connectivity index (χ3v) is 4.85. The first-order valence-corrected chi connectivity index (χ1v) is 10.5. The zero-order chi connectivity index (χ0) is 23.1. The molecule has 2 aliphatic carbocycles. The van der Waals surface area contributed by atoms with Gasteiger partial charge in [0.05, 0.1) is 0 Å². The number of rotatable bonds is 1. The van der Waals surface area contributed by atoms with Crippen LogP contribution in [-0.2, 0) is 33.6 Å². The number of likely N-dealkylation sites (tertiary alicyclic amines) is 1. The van der Waals surface area contributed by atoms with Crippen molar-refractivity contribution in [3.05, 3.63) is 0 Å². The van der Waals surface area contributed by atoms with Crippen molar-refractivity contribution in [3.8, 4) is 0 Å². The Morgan fingerprint density at radius 2 is 1.26 bits per heavy atom. The van der Waals surface area contributed by atoms with E-state index in [9.17, 15) is 19.2 Å². The molecular weight excluding hydrogens is 412 g/mol. The van der Waals surface area contributed by atoms with Crippen molar-refractivity contribution in [1.82, 2.24) is 4.90 Å². The van der Waals surface area contributed by atoms with Gasteiger partial charge in [-0.15, -0.1) is 0 Å².